The quantitative estimate of drug-likeness (QED) is 0.817. The average molecular weight is 232 g/mol. The third-order valence-electron chi connectivity index (χ3n) is 2.53. The second-order valence-corrected chi connectivity index (χ2v) is 3.83. The van der Waals surface area contributed by atoms with Crippen molar-refractivity contribution in [2.75, 3.05) is 11.4 Å². The smallest absolute Gasteiger partial charge is 0.303 e. The van der Waals surface area contributed by atoms with Gasteiger partial charge in [0.1, 0.15) is 6.04 Å². The molecule has 0 aromatic heterocycles. The Morgan fingerprint density at radius 3 is 2.65 bits per heavy atom. The highest BCUT2D eigenvalue weighted by atomic mass is 16.4. The first-order valence-corrected chi connectivity index (χ1v) is 5.58. The van der Waals surface area contributed by atoms with Gasteiger partial charge in [0.05, 0.1) is 6.07 Å². The molecule has 0 saturated heterocycles. The van der Waals surface area contributed by atoms with Crippen LogP contribution in [0.15, 0.2) is 30.3 Å². The molecule has 0 amide bonds. The number of anilines is 1. The molecule has 90 valence electrons. The van der Waals surface area contributed by atoms with E-state index in [0.717, 1.165) is 5.69 Å². The van der Waals surface area contributed by atoms with Crippen LogP contribution in [0.5, 0.6) is 0 Å². The zero-order valence-electron chi connectivity index (χ0n) is 9.84. The van der Waals surface area contributed by atoms with E-state index < -0.39 is 5.97 Å². The molecule has 0 saturated carbocycles. The molecule has 0 radical (unpaired) electrons. The normalized spacial score (nSPS) is 11.5. The summed E-state index contributed by atoms with van der Waals surface area (Å²) >= 11 is 0. The molecule has 0 aliphatic heterocycles. The number of nitriles is 1. The maximum Gasteiger partial charge on any atom is 0.303 e. The van der Waals surface area contributed by atoms with E-state index in [1.54, 1.807) is 0 Å². The Kier molecular flexibility index (Phi) is 5.02. The molecule has 4 heteroatoms. The maximum absolute atomic E-state index is 10.5. The summed E-state index contributed by atoms with van der Waals surface area (Å²) < 4.78 is 0. The van der Waals surface area contributed by atoms with Crippen molar-refractivity contribution in [3.05, 3.63) is 30.3 Å². The van der Waals surface area contributed by atoms with Crippen LogP contribution in [0, 0.1) is 11.3 Å². The molecular weight excluding hydrogens is 216 g/mol. The zero-order chi connectivity index (χ0) is 12.7. The van der Waals surface area contributed by atoms with Gasteiger partial charge in [0.25, 0.3) is 0 Å². The van der Waals surface area contributed by atoms with Gasteiger partial charge in [-0.15, -0.1) is 0 Å². The van der Waals surface area contributed by atoms with Crippen LogP contribution in [-0.4, -0.2) is 23.7 Å². The lowest BCUT2D eigenvalue weighted by molar-refractivity contribution is -0.137. The van der Waals surface area contributed by atoms with E-state index in [1.165, 1.54) is 0 Å². The Morgan fingerprint density at radius 2 is 2.12 bits per heavy atom. The molecule has 1 aromatic carbocycles. The fourth-order valence-electron chi connectivity index (χ4n) is 1.64. The Labute approximate surface area is 101 Å². The monoisotopic (exact) mass is 232 g/mol. The van der Waals surface area contributed by atoms with Gasteiger partial charge in [-0.25, -0.2) is 0 Å². The Hall–Kier alpha value is -2.02. The third-order valence-corrected chi connectivity index (χ3v) is 2.53. The van der Waals surface area contributed by atoms with E-state index in [1.807, 2.05) is 42.2 Å². The van der Waals surface area contributed by atoms with E-state index in [0.29, 0.717) is 13.0 Å². The van der Waals surface area contributed by atoms with Crippen LogP contribution in [0.2, 0.25) is 0 Å². The lowest BCUT2D eigenvalue weighted by Crippen LogP contribution is -2.33. The summed E-state index contributed by atoms with van der Waals surface area (Å²) in [4.78, 5) is 12.4. The summed E-state index contributed by atoms with van der Waals surface area (Å²) in [5.74, 6) is -0.803. The molecule has 1 unspecified atom stereocenters. The van der Waals surface area contributed by atoms with Gasteiger partial charge in [0.2, 0.25) is 0 Å². The van der Waals surface area contributed by atoms with Gasteiger partial charge in [0.15, 0.2) is 0 Å². The molecule has 0 aliphatic carbocycles. The van der Waals surface area contributed by atoms with Gasteiger partial charge in [-0.05, 0) is 25.5 Å². The minimum Gasteiger partial charge on any atom is -0.481 e. The molecule has 1 aromatic rings. The highest BCUT2D eigenvalue weighted by Crippen LogP contribution is 2.16. The van der Waals surface area contributed by atoms with Gasteiger partial charge in [-0.2, -0.15) is 5.26 Å². The van der Waals surface area contributed by atoms with Crippen LogP contribution in [0.3, 0.4) is 0 Å². The van der Waals surface area contributed by atoms with E-state index in [2.05, 4.69) is 6.07 Å². The highest BCUT2D eigenvalue weighted by molar-refractivity contribution is 5.66. The average Bonchev–Trinajstić information content (AvgIpc) is 2.34. The van der Waals surface area contributed by atoms with Crippen LogP contribution in [-0.2, 0) is 4.79 Å². The van der Waals surface area contributed by atoms with Crippen LogP contribution >= 0.6 is 0 Å². The molecular formula is C13H16N2O2. The Balaban J connectivity index is 2.69. The highest BCUT2D eigenvalue weighted by Gasteiger charge is 2.13. The van der Waals surface area contributed by atoms with Crippen LogP contribution in [0.25, 0.3) is 0 Å². The number of carboxylic acid groups (broad SMARTS) is 1. The van der Waals surface area contributed by atoms with E-state index in [9.17, 15) is 4.79 Å². The lowest BCUT2D eigenvalue weighted by atomic mass is 10.2. The van der Waals surface area contributed by atoms with Crippen molar-refractivity contribution < 1.29 is 9.90 Å². The minimum atomic E-state index is -0.803. The van der Waals surface area contributed by atoms with Crippen molar-refractivity contribution in [2.24, 2.45) is 0 Å². The zero-order valence-corrected chi connectivity index (χ0v) is 9.84. The molecule has 0 spiro atoms. The molecule has 0 fully saturated rings. The predicted octanol–water partition coefficient (Wildman–Crippen LogP) is 2.27. The number of carbonyl (C=O) groups is 1. The first kappa shape index (κ1) is 13.0. The number of benzene rings is 1. The maximum atomic E-state index is 10.5. The second kappa shape index (κ2) is 6.54. The van der Waals surface area contributed by atoms with Crippen molar-refractivity contribution in [1.29, 1.82) is 5.26 Å². The van der Waals surface area contributed by atoms with Gasteiger partial charge in [-0.1, -0.05) is 18.2 Å². The van der Waals surface area contributed by atoms with Gasteiger partial charge >= 0.3 is 5.97 Å². The van der Waals surface area contributed by atoms with Crippen LogP contribution < -0.4 is 4.90 Å². The third kappa shape index (κ3) is 4.15. The number of para-hydroxylation sites is 1. The fourth-order valence-corrected chi connectivity index (χ4v) is 1.64. The molecule has 0 heterocycles. The number of carboxylic acids is 1. The van der Waals surface area contributed by atoms with Gasteiger partial charge in [-0.3, -0.25) is 4.79 Å². The lowest BCUT2D eigenvalue weighted by Gasteiger charge is -2.26. The van der Waals surface area contributed by atoms with Crippen molar-refractivity contribution in [2.45, 2.75) is 25.8 Å². The van der Waals surface area contributed by atoms with Gasteiger partial charge in [0, 0.05) is 18.7 Å². The summed E-state index contributed by atoms with van der Waals surface area (Å²) in [7, 11) is 0. The van der Waals surface area contributed by atoms with Crippen molar-refractivity contribution in [3.8, 4) is 6.07 Å². The first-order chi connectivity index (χ1) is 8.15. The minimum absolute atomic E-state index is 0.126. The summed E-state index contributed by atoms with van der Waals surface area (Å²) in [5.41, 5.74) is 0.951. The van der Waals surface area contributed by atoms with Crippen molar-refractivity contribution >= 4 is 11.7 Å². The molecule has 17 heavy (non-hydrogen) atoms. The van der Waals surface area contributed by atoms with Crippen LogP contribution in [0.4, 0.5) is 5.69 Å². The summed E-state index contributed by atoms with van der Waals surface area (Å²) in [6.07, 6.45) is 0.664. The molecule has 4 nitrogen and oxygen atoms in total. The Morgan fingerprint density at radius 1 is 1.47 bits per heavy atom. The fraction of sp³-hybridized carbons (Fsp3) is 0.385. The summed E-state index contributed by atoms with van der Waals surface area (Å²) in [6.45, 7) is 2.39. The molecule has 1 rings (SSSR count). The number of nitrogens with zero attached hydrogens (tertiary/aromatic N) is 2. The molecule has 0 bridgehead atoms. The first-order valence-electron chi connectivity index (χ1n) is 5.58. The number of hydrogen-bond acceptors (Lipinski definition) is 3. The number of hydrogen-bond donors (Lipinski definition) is 1. The van der Waals surface area contributed by atoms with Gasteiger partial charge < -0.3 is 10.0 Å². The summed E-state index contributed by atoms with van der Waals surface area (Å²) in [6, 6.07) is 11.5. The van der Waals surface area contributed by atoms with E-state index in [-0.39, 0.29) is 12.5 Å². The largest absolute Gasteiger partial charge is 0.481 e. The van der Waals surface area contributed by atoms with E-state index >= 15 is 0 Å². The molecule has 1 N–H and O–H groups in total. The SMILES string of the molecule is CC(C#N)N(CCCC(=O)O)c1ccccc1. The molecule has 1 atom stereocenters. The standard InChI is InChI=1S/C13H16N2O2/c1-11(10-14)15(9-5-8-13(16)17)12-6-3-2-4-7-12/h2-4,6-7,11H,5,8-9H2,1H3,(H,16,17). The molecule has 0 aliphatic rings. The van der Waals surface area contributed by atoms with Crippen LogP contribution in [0.1, 0.15) is 19.8 Å². The number of rotatable bonds is 6. The second-order valence-electron chi connectivity index (χ2n) is 3.83. The van der Waals surface area contributed by atoms with Crippen molar-refractivity contribution in [3.63, 3.8) is 0 Å². The van der Waals surface area contributed by atoms with Crippen molar-refractivity contribution in [1.82, 2.24) is 0 Å². The van der Waals surface area contributed by atoms with E-state index in [4.69, 9.17) is 10.4 Å². The summed E-state index contributed by atoms with van der Waals surface area (Å²) in [5, 5.41) is 17.6. The Bertz CT molecular complexity index is 398. The topological polar surface area (TPSA) is 64.3 Å². The predicted molar refractivity (Wildman–Crippen MR) is 65.7 cm³/mol. The number of aliphatic carboxylic acids is 1.